The van der Waals surface area contributed by atoms with Gasteiger partial charge >= 0.3 is 0 Å². The van der Waals surface area contributed by atoms with E-state index >= 15 is 0 Å². The van der Waals surface area contributed by atoms with E-state index in [1.807, 2.05) is 12.1 Å². The maximum Gasteiger partial charge on any atom is 0.115 e. The Bertz CT molecular complexity index is 311. The lowest BCUT2D eigenvalue weighted by Crippen LogP contribution is -2.20. The third-order valence-electron chi connectivity index (χ3n) is 3.10. The first-order valence-corrected chi connectivity index (χ1v) is 5.42. The van der Waals surface area contributed by atoms with Gasteiger partial charge in [-0.1, -0.05) is 42.7 Å². The van der Waals surface area contributed by atoms with E-state index in [2.05, 4.69) is 19.1 Å². The van der Waals surface area contributed by atoms with Crippen molar-refractivity contribution in [1.29, 1.82) is 0 Å². The first-order chi connectivity index (χ1) is 6.68. The van der Waals surface area contributed by atoms with Gasteiger partial charge in [-0.2, -0.15) is 0 Å². The quantitative estimate of drug-likeness (QED) is 0.668. The van der Waals surface area contributed by atoms with Crippen LogP contribution in [0.1, 0.15) is 36.8 Å². The van der Waals surface area contributed by atoms with Crippen molar-refractivity contribution in [2.75, 3.05) is 0 Å². The summed E-state index contributed by atoms with van der Waals surface area (Å²) in [7, 11) is 0. The van der Waals surface area contributed by atoms with Crippen molar-refractivity contribution in [2.45, 2.75) is 44.7 Å². The van der Waals surface area contributed by atoms with Crippen molar-refractivity contribution in [3.63, 3.8) is 0 Å². The second kappa shape index (κ2) is 3.72. The van der Waals surface area contributed by atoms with Gasteiger partial charge in [-0.15, -0.1) is 0 Å². The number of hydrogen-bond donors (Lipinski definition) is 0. The fourth-order valence-corrected chi connectivity index (χ4v) is 2.37. The molecule has 0 nitrogen and oxygen atoms in total. The SMILES string of the molecule is Cc1cccc(CC2(F)CCCC2)c1. The van der Waals surface area contributed by atoms with Crippen molar-refractivity contribution < 1.29 is 4.39 Å². The second-order valence-corrected chi connectivity index (χ2v) is 4.52. The van der Waals surface area contributed by atoms with Crippen molar-refractivity contribution in [2.24, 2.45) is 0 Å². The van der Waals surface area contributed by atoms with Crippen LogP contribution in [-0.4, -0.2) is 5.67 Å². The van der Waals surface area contributed by atoms with E-state index < -0.39 is 5.67 Å². The van der Waals surface area contributed by atoms with Crippen LogP contribution in [0.15, 0.2) is 24.3 Å². The van der Waals surface area contributed by atoms with Gasteiger partial charge < -0.3 is 0 Å². The topological polar surface area (TPSA) is 0 Å². The zero-order valence-corrected chi connectivity index (χ0v) is 8.72. The second-order valence-electron chi connectivity index (χ2n) is 4.52. The van der Waals surface area contributed by atoms with Crippen LogP contribution < -0.4 is 0 Å². The minimum absolute atomic E-state index is 0.606. The van der Waals surface area contributed by atoms with E-state index in [0.717, 1.165) is 31.2 Å². The molecule has 0 spiro atoms. The number of benzene rings is 1. The van der Waals surface area contributed by atoms with Crippen molar-refractivity contribution in [3.05, 3.63) is 35.4 Å². The molecule has 0 atom stereocenters. The summed E-state index contributed by atoms with van der Waals surface area (Å²) in [5, 5.41) is 0. The van der Waals surface area contributed by atoms with Crippen molar-refractivity contribution in [3.8, 4) is 0 Å². The Morgan fingerprint density at radius 3 is 2.64 bits per heavy atom. The van der Waals surface area contributed by atoms with Crippen LogP contribution in [0.4, 0.5) is 4.39 Å². The van der Waals surface area contributed by atoms with Gasteiger partial charge in [0.25, 0.3) is 0 Å². The molecule has 1 aliphatic rings. The van der Waals surface area contributed by atoms with Crippen LogP contribution in [0, 0.1) is 6.92 Å². The first-order valence-electron chi connectivity index (χ1n) is 5.42. The fourth-order valence-electron chi connectivity index (χ4n) is 2.37. The van der Waals surface area contributed by atoms with Gasteiger partial charge in [0.05, 0.1) is 0 Å². The minimum atomic E-state index is -0.909. The van der Waals surface area contributed by atoms with E-state index in [-0.39, 0.29) is 0 Å². The van der Waals surface area contributed by atoms with Gasteiger partial charge in [-0.3, -0.25) is 0 Å². The van der Waals surface area contributed by atoms with Crippen LogP contribution in [0.5, 0.6) is 0 Å². The van der Waals surface area contributed by atoms with E-state index in [4.69, 9.17) is 0 Å². The lowest BCUT2D eigenvalue weighted by atomic mass is 9.94. The Morgan fingerprint density at radius 2 is 2.00 bits per heavy atom. The summed E-state index contributed by atoms with van der Waals surface area (Å²) in [5.74, 6) is 0. The van der Waals surface area contributed by atoms with E-state index in [1.54, 1.807) is 0 Å². The molecule has 14 heavy (non-hydrogen) atoms. The first kappa shape index (κ1) is 9.70. The highest BCUT2D eigenvalue weighted by Gasteiger charge is 2.33. The van der Waals surface area contributed by atoms with E-state index in [9.17, 15) is 4.39 Å². The molecular formula is C13H17F. The highest BCUT2D eigenvalue weighted by molar-refractivity contribution is 5.23. The van der Waals surface area contributed by atoms with Crippen LogP contribution in [0.25, 0.3) is 0 Å². The molecule has 2 rings (SSSR count). The maximum absolute atomic E-state index is 14.1. The predicted octanol–water partition coefficient (Wildman–Crippen LogP) is 3.82. The number of rotatable bonds is 2. The monoisotopic (exact) mass is 192 g/mol. The number of alkyl halides is 1. The third-order valence-corrected chi connectivity index (χ3v) is 3.10. The molecule has 0 unspecified atom stereocenters. The van der Waals surface area contributed by atoms with E-state index in [1.165, 1.54) is 5.56 Å². The predicted molar refractivity (Wildman–Crippen MR) is 57.2 cm³/mol. The molecule has 0 N–H and O–H groups in total. The summed E-state index contributed by atoms with van der Waals surface area (Å²) in [5.41, 5.74) is 1.46. The van der Waals surface area contributed by atoms with Gasteiger partial charge in [0.1, 0.15) is 5.67 Å². The van der Waals surface area contributed by atoms with Gasteiger partial charge in [-0.25, -0.2) is 4.39 Å². The van der Waals surface area contributed by atoms with Crippen LogP contribution in [0.2, 0.25) is 0 Å². The summed E-state index contributed by atoms with van der Waals surface area (Å²) in [6.07, 6.45) is 4.22. The van der Waals surface area contributed by atoms with Gasteiger partial charge in [0.15, 0.2) is 0 Å². The molecule has 0 bridgehead atoms. The largest absolute Gasteiger partial charge is 0.244 e. The van der Waals surface area contributed by atoms with Gasteiger partial charge in [0.2, 0.25) is 0 Å². The Labute approximate surface area is 85.1 Å². The molecule has 1 saturated carbocycles. The molecule has 0 heterocycles. The normalized spacial score (nSPS) is 19.9. The Morgan fingerprint density at radius 1 is 1.29 bits per heavy atom. The Balaban J connectivity index is 2.10. The number of halogens is 1. The minimum Gasteiger partial charge on any atom is -0.244 e. The van der Waals surface area contributed by atoms with Crippen LogP contribution in [-0.2, 0) is 6.42 Å². The lowest BCUT2D eigenvalue weighted by molar-refractivity contribution is 0.173. The molecule has 1 aliphatic carbocycles. The summed E-state index contributed by atoms with van der Waals surface area (Å²) < 4.78 is 14.1. The number of aryl methyl sites for hydroxylation is 1. The molecule has 1 aromatic rings. The Kier molecular flexibility index (Phi) is 2.58. The fraction of sp³-hybridized carbons (Fsp3) is 0.538. The molecule has 1 heteroatoms. The standard InChI is InChI=1S/C13H17F/c1-11-5-4-6-12(9-11)10-13(14)7-2-3-8-13/h4-6,9H,2-3,7-8,10H2,1H3. The van der Waals surface area contributed by atoms with E-state index in [0.29, 0.717) is 6.42 Å². The molecule has 76 valence electrons. The van der Waals surface area contributed by atoms with Gasteiger partial charge in [0, 0.05) is 6.42 Å². The molecule has 0 aliphatic heterocycles. The molecular weight excluding hydrogens is 175 g/mol. The summed E-state index contributed by atoms with van der Waals surface area (Å²) in [4.78, 5) is 0. The summed E-state index contributed by atoms with van der Waals surface area (Å²) in [6.45, 7) is 2.06. The molecule has 0 aromatic heterocycles. The molecule has 1 fully saturated rings. The third kappa shape index (κ3) is 2.14. The highest BCUT2D eigenvalue weighted by Crippen LogP contribution is 2.36. The smallest absolute Gasteiger partial charge is 0.115 e. The Hall–Kier alpha value is -0.850. The zero-order valence-electron chi connectivity index (χ0n) is 8.72. The summed E-state index contributed by atoms with van der Waals surface area (Å²) in [6, 6.07) is 8.21. The maximum atomic E-state index is 14.1. The average molecular weight is 192 g/mol. The van der Waals surface area contributed by atoms with Crippen LogP contribution in [0.3, 0.4) is 0 Å². The highest BCUT2D eigenvalue weighted by atomic mass is 19.1. The van der Waals surface area contributed by atoms with Crippen molar-refractivity contribution >= 4 is 0 Å². The van der Waals surface area contributed by atoms with Crippen molar-refractivity contribution in [1.82, 2.24) is 0 Å². The molecule has 1 aromatic carbocycles. The zero-order chi connectivity index (χ0) is 10.0. The summed E-state index contributed by atoms with van der Waals surface area (Å²) >= 11 is 0. The molecule has 0 saturated heterocycles. The lowest BCUT2D eigenvalue weighted by Gasteiger charge is -2.18. The average Bonchev–Trinajstić information content (AvgIpc) is 2.51. The van der Waals surface area contributed by atoms with Crippen LogP contribution >= 0.6 is 0 Å². The number of hydrogen-bond acceptors (Lipinski definition) is 0. The van der Waals surface area contributed by atoms with Gasteiger partial charge in [-0.05, 0) is 25.3 Å². The molecule has 0 radical (unpaired) electrons. The molecule has 0 amide bonds.